The number of nitrogens with two attached hydrogens (primary N) is 1. The largest absolute Gasteiger partial charge is 0.375 e. The lowest BCUT2D eigenvalue weighted by Gasteiger charge is -2.22. The third-order valence-electron chi connectivity index (χ3n) is 3.47. The van der Waals surface area contributed by atoms with E-state index in [9.17, 15) is 0 Å². The molecule has 1 heterocycles. The van der Waals surface area contributed by atoms with Gasteiger partial charge in [-0.2, -0.15) is 5.10 Å². The van der Waals surface area contributed by atoms with Crippen LogP contribution in [0.1, 0.15) is 30.9 Å². The molecular weight excluding hydrogens is 310 g/mol. The van der Waals surface area contributed by atoms with Crippen molar-refractivity contribution in [2.75, 3.05) is 0 Å². The number of rotatable bonds is 2. The Balaban J connectivity index is 1.92. The lowest BCUT2D eigenvalue weighted by Crippen LogP contribution is -2.31. The van der Waals surface area contributed by atoms with E-state index in [0.29, 0.717) is 11.0 Å². The first-order valence-electron chi connectivity index (χ1n) is 6.07. The van der Waals surface area contributed by atoms with Crippen LogP contribution in [0.25, 0.3) is 0 Å². The van der Waals surface area contributed by atoms with Crippen molar-refractivity contribution in [1.82, 2.24) is 5.01 Å². The quantitative estimate of drug-likeness (QED) is 0.850. The average Bonchev–Trinajstić information content (AvgIpc) is 3.09. The zero-order valence-corrected chi connectivity index (χ0v) is 12.2. The first-order chi connectivity index (χ1) is 8.66. The Bertz CT molecular complexity index is 525. The smallest absolute Gasteiger partial charge is 0.187 e. The van der Waals surface area contributed by atoms with Crippen LogP contribution in [0.15, 0.2) is 33.8 Å². The van der Waals surface area contributed by atoms with Gasteiger partial charge >= 0.3 is 0 Å². The second kappa shape index (κ2) is 4.63. The van der Waals surface area contributed by atoms with Crippen LogP contribution in [-0.2, 0) is 0 Å². The van der Waals surface area contributed by atoms with Crippen LogP contribution in [0.4, 0.5) is 0 Å². The molecule has 1 aromatic rings. The Kier molecular flexibility index (Phi) is 3.11. The van der Waals surface area contributed by atoms with E-state index in [-0.39, 0.29) is 6.04 Å². The normalized spacial score (nSPS) is 23.1. The Morgan fingerprint density at radius 2 is 2.11 bits per heavy atom. The highest BCUT2D eigenvalue weighted by Crippen LogP contribution is 2.41. The number of thiocarbonyl (C=S) groups is 1. The minimum atomic E-state index is 0.147. The fraction of sp³-hybridized carbons (Fsp3) is 0.385. The maximum atomic E-state index is 5.79. The molecule has 1 atom stereocenters. The summed E-state index contributed by atoms with van der Waals surface area (Å²) in [6.07, 6.45) is 3.45. The molecule has 5 heteroatoms. The molecule has 1 aromatic carbocycles. The van der Waals surface area contributed by atoms with Gasteiger partial charge in [-0.05, 0) is 42.6 Å². The van der Waals surface area contributed by atoms with E-state index in [1.54, 1.807) is 5.01 Å². The van der Waals surface area contributed by atoms with Crippen molar-refractivity contribution in [2.45, 2.75) is 25.3 Å². The summed E-state index contributed by atoms with van der Waals surface area (Å²) in [4.78, 5) is 0. The number of halogens is 1. The molecule has 1 aliphatic heterocycles. The van der Waals surface area contributed by atoms with Crippen molar-refractivity contribution in [3.05, 3.63) is 34.3 Å². The summed E-state index contributed by atoms with van der Waals surface area (Å²) in [6, 6.07) is 8.34. The molecular formula is C13H14BrN3S. The molecule has 0 amide bonds. The van der Waals surface area contributed by atoms with Crippen LogP contribution in [0.2, 0.25) is 0 Å². The second-order valence-electron chi connectivity index (χ2n) is 4.79. The van der Waals surface area contributed by atoms with Crippen LogP contribution in [-0.4, -0.2) is 15.8 Å². The molecule has 1 saturated carbocycles. The molecule has 94 valence electrons. The van der Waals surface area contributed by atoms with Gasteiger partial charge in [0.25, 0.3) is 0 Å². The van der Waals surface area contributed by atoms with Gasteiger partial charge in [0, 0.05) is 16.6 Å². The van der Waals surface area contributed by atoms with Crippen molar-refractivity contribution in [3.8, 4) is 0 Å². The number of benzene rings is 1. The van der Waals surface area contributed by atoms with Gasteiger partial charge in [-0.15, -0.1) is 0 Å². The zero-order chi connectivity index (χ0) is 12.7. The molecule has 1 unspecified atom stereocenters. The predicted molar refractivity (Wildman–Crippen MR) is 80.3 cm³/mol. The van der Waals surface area contributed by atoms with Crippen molar-refractivity contribution < 1.29 is 0 Å². The van der Waals surface area contributed by atoms with Gasteiger partial charge in [-0.25, -0.2) is 5.01 Å². The van der Waals surface area contributed by atoms with Crippen molar-refractivity contribution in [1.29, 1.82) is 0 Å². The topological polar surface area (TPSA) is 41.6 Å². The molecule has 3 nitrogen and oxygen atoms in total. The van der Waals surface area contributed by atoms with Gasteiger partial charge in [0.05, 0.1) is 6.04 Å². The second-order valence-corrected chi connectivity index (χ2v) is 6.06. The summed E-state index contributed by atoms with van der Waals surface area (Å²) in [5.41, 5.74) is 8.25. The minimum absolute atomic E-state index is 0.147. The number of nitrogens with zero attached hydrogens (tertiary/aromatic N) is 2. The minimum Gasteiger partial charge on any atom is -0.375 e. The third kappa shape index (κ3) is 2.17. The molecule has 2 N–H and O–H groups in total. The zero-order valence-electron chi connectivity index (χ0n) is 9.84. The Hall–Kier alpha value is -0.940. The summed E-state index contributed by atoms with van der Waals surface area (Å²) >= 11 is 8.71. The molecule has 0 saturated heterocycles. The highest BCUT2D eigenvalue weighted by atomic mass is 79.9. The number of hydrogen-bond donors (Lipinski definition) is 1. The maximum absolute atomic E-state index is 5.79. The van der Waals surface area contributed by atoms with Gasteiger partial charge in [0.1, 0.15) is 0 Å². The molecule has 0 radical (unpaired) electrons. The summed E-state index contributed by atoms with van der Waals surface area (Å²) < 4.78 is 1.09. The van der Waals surface area contributed by atoms with Gasteiger partial charge in [-0.1, -0.05) is 34.1 Å². The van der Waals surface area contributed by atoms with E-state index >= 15 is 0 Å². The van der Waals surface area contributed by atoms with Gasteiger partial charge in [0.2, 0.25) is 0 Å². The number of hydrazone groups is 1. The monoisotopic (exact) mass is 323 g/mol. The summed E-state index contributed by atoms with van der Waals surface area (Å²) in [6.45, 7) is 0. The first kappa shape index (κ1) is 12.1. The van der Waals surface area contributed by atoms with Crippen molar-refractivity contribution in [3.63, 3.8) is 0 Å². The lowest BCUT2D eigenvalue weighted by atomic mass is 10.0. The Labute approximate surface area is 120 Å². The van der Waals surface area contributed by atoms with Crippen LogP contribution in [0.3, 0.4) is 0 Å². The summed E-state index contributed by atoms with van der Waals surface area (Å²) in [5.74, 6) is 0.661. The molecule has 0 aromatic heterocycles. The predicted octanol–water partition coefficient (Wildman–Crippen LogP) is 3.21. The van der Waals surface area contributed by atoms with Crippen LogP contribution in [0, 0.1) is 5.92 Å². The van der Waals surface area contributed by atoms with E-state index in [2.05, 4.69) is 27.1 Å². The SMILES string of the molecule is NC(=S)N1N=C(C2CC2)CC1c1ccccc1Br. The lowest BCUT2D eigenvalue weighted by molar-refractivity contribution is 0.371. The van der Waals surface area contributed by atoms with Crippen LogP contribution >= 0.6 is 28.1 Å². The molecule has 3 rings (SSSR count). The number of hydrogen-bond acceptors (Lipinski definition) is 2. The molecule has 1 aliphatic carbocycles. The van der Waals surface area contributed by atoms with Crippen LogP contribution in [0.5, 0.6) is 0 Å². The van der Waals surface area contributed by atoms with E-state index in [0.717, 1.165) is 10.9 Å². The molecule has 18 heavy (non-hydrogen) atoms. The fourth-order valence-corrected chi connectivity index (χ4v) is 3.11. The highest BCUT2D eigenvalue weighted by molar-refractivity contribution is 9.10. The summed E-state index contributed by atoms with van der Waals surface area (Å²) in [5, 5.41) is 6.76. The third-order valence-corrected chi connectivity index (χ3v) is 4.38. The molecule has 2 aliphatic rings. The fourth-order valence-electron chi connectivity index (χ4n) is 2.39. The maximum Gasteiger partial charge on any atom is 0.187 e. The van der Waals surface area contributed by atoms with E-state index in [4.69, 9.17) is 18.0 Å². The van der Waals surface area contributed by atoms with Gasteiger partial charge < -0.3 is 5.73 Å². The Morgan fingerprint density at radius 1 is 1.39 bits per heavy atom. The molecule has 0 bridgehead atoms. The van der Waals surface area contributed by atoms with Crippen molar-refractivity contribution >= 4 is 39.0 Å². The van der Waals surface area contributed by atoms with Gasteiger partial charge in [-0.3, -0.25) is 0 Å². The van der Waals surface area contributed by atoms with Crippen molar-refractivity contribution in [2.24, 2.45) is 16.8 Å². The highest BCUT2D eigenvalue weighted by Gasteiger charge is 2.37. The van der Waals surface area contributed by atoms with E-state index in [1.165, 1.54) is 24.1 Å². The van der Waals surface area contributed by atoms with E-state index in [1.807, 2.05) is 18.2 Å². The first-order valence-corrected chi connectivity index (χ1v) is 7.27. The van der Waals surface area contributed by atoms with Crippen LogP contribution < -0.4 is 5.73 Å². The summed E-state index contributed by atoms with van der Waals surface area (Å²) in [7, 11) is 0. The standard InChI is InChI=1S/C13H14BrN3S/c14-10-4-2-1-3-9(10)12-7-11(8-5-6-8)16-17(12)13(15)18/h1-4,8,12H,5-7H2,(H2,15,18). The Morgan fingerprint density at radius 3 is 2.72 bits per heavy atom. The molecule has 0 spiro atoms. The molecule has 1 fully saturated rings. The average molecular weight is 324 g/mol. The van der Waals surface area contributed by atoms with E-state index < -0.39 is 0 Å². The van der Waals surface area contributed by atoms with Gasteiger partial charge in [0.15, 0.2) is 5.11 Å².